The first-order valence-corrected chi connectivity index (χ1v) is 9.96. The van der Waals surface area contributed by atoms with Crippen LogP contribution in [0.15, 0.2) is 17.1 Å². The molecule has 0 aliphatic carbocycles. The summed E-state index contributed by atoms with van der Waals surface area (Å²) in [4.78, 5) is 12.5. The van der Waals surface area contributed by atoms with E-state index < -0.39 is 0 Å². The average Bonchev–Trinajstić information content (AvgIpc) is 3.06. The molecule has 1 unspecified atom stereocenters. The van der Waals surface area contributed by atoms with Crippen LogP contribution in [0.25, 0.3) is 0 Å². The summed E-state index contributed by atoms with van der Waals surface area (Å²) in [7, 11) is 2.20. The van der Waals surface area contributed by atoms with Crippen LogP contribution in [0.5, 0.6) is 0 Å². The van der Waals surface area contributed by atoms with Gasteiger partial charge in [0.25, 0.3) is 0 Å². The number of hydrogen-bond donors (Lipinski definition) is 2. The molecule has 0 spiro atoms. The minimum atomic E-state index is 0. The number of aliphatic imine (C=N–C) groups is 1. The highest BCUT2D eigenvalue weighted by molar-refractivity contribution is 14.0. The second kappa shape index (κ2) is 12.1. The minimum absolute atomic E-state index is 0. The summed E-state index contributed by atoms with van der Waals surface area (Å²) >= 11 is 1.86. The highest BCUT2D eigenvalue weighted by Crippen LogP contribution is 2.17. The van der Waals surface area contributed by atoms with E-state index in [1.165, 1.54) is 9.75 Å². The molecule has 1 aliphatic heterocycles. The van der Waals surface area contributed by atoms with Crippen molar-refractivity contribution in [3.63, 3.8) is 0 Å². The van der Waals surface area contributed by atoms with Gasteiger partial charge in [-0.1, -0.05) is 6.92 Å². The molecule has 0 saturated carbocycles. The lowest BCUT2D eigenvalue weighted by molar-refractivity contribution is 0.120. The summed E-state index contributed by atoms with van der Waals surface area (Å²) in [5.41, 5.74) is 0. The predicted molar refractivity (Wildman–Crippen MR) is 120 cm³/mol. The topological polar surface area (TPSA) is 42.9 Å². The summed E-state index contributed by atoms with van der Waals surface area (Å²) in [6, 6.07) is 4.94. The number of rotatable bonds is 7. The van der Waals surface area contributed by atoms with E-state index in [2.05, 4.69) is 60.4 Å². The molecule has 1 saturated heterocycles. The van der Waals surface area contributed by atoms with Gasteiger partial charge in [0.05, 0.1) is 6.54 Å². The zero-order valence-corrected chi connectivity index (χ0v) is 19.2. The number of halogens is 1. The number of thiophene rings is 1. The number of nitrogens with zero attached hydrogens (tertiary/aromatic N) is 3. The molecule has 0 amide bonds. The Morgan fingerprint density at radius 2 is 1.84 bits per heavy atom. The molecule has 144 valence electrons. The van der Waals surface area contributed by atoms with Crippen LogP contribution in [0, 0.1) is 0 Å². The lowest BCUT2D eigenvalue weighted by Crippen LogP contribution is -2.52. The number of likely N-dealkylation sites (N-methyl/N-ethyl adjacent to an activating group) is 1. The van der Waals surface area contributed by atoms with Crippen LogP contribution in [0.3, 0.4) is 0 Å². The van der Waals surface area contributed by atoms with E-state index in [-0.39, 0.29) is 24.0 Å². The molecule has 2 rings (SSSR count). The number of hydrogen-bond acceptors (Lipinski definition) is 4. The van der Waals surface area contributed by atoms with E-state index in [4.69, 9.17) is 4.99 Å². The zero-order chi connectivity index (χ0) is 17.4. The third kappa shape index (κ3) is 7.80. The van der Waals surface area contributed by atoms with Gasteiger partial charge in [-0.15, -0.1) is 35.3 Å². The molecule has 0 aromatic carbocycles. The molecule has 2 N–H and O–H groups in total. The second-order valence-corrected chi connectivity index (χ2v) is 7.74. The van der Waals surface area contributed by atoms with Gasteiger partial charge in [-0.2, -0.15) is 0 Å². The van der Waals surface area contributed by atoms with Crippen molar-refractivity contribution < 1.29 is 0 Å². The van der Waals surface area contributed by atoms with Crippen molar-refractivity contribution in [2.75, 3.05) is 46.3 Å². The van der Waals surface area contributed by atoms with Crippen molar-refractivity contribution in [3.05, 3.63) is 21.9 Å². The fourth-order valence-electron chi connectivity index (χ4n) is 2.83. The molecule has 1 aromatic rings. The molecule has 5 nitrogen and oxygen atoms in total. The van der Waals surface area contributed by atoms with Crippen LogP contribution >= 0.6 is 35.3 Å². The van der Waals surface area contributed by atoms with Gasteiger partial charge in [-0.25, -0.2) is 4.99 Å². The second-order valence-electron chi connectivity index (χ2n) is 6.49. The van der Waals surface area contributed by atoms with Crippen molar-refractivity contribution in [3.8, 4) is 0 Å². The van der Waals surface area contributed by atoms with E-state index in [9.17, 15) is 0 Å². The lowest BCUT2D eigenvalue weighted by atomic mass is 10.2. The van der Waals surface area contributed by atoms with Crippen molar-refractivity contribution in [2.45, 2.75) is 39.8 Å². The summed E-state index contributed by atoms with van der Waals surface area (Å²) in [6.45, 7) is 13.8. The maximum Gasteiger partial charge on any atom is 0.191 e. The number of aryl methyl sites for hydroxylation is 1. The monoisotopic (exact) mass is 479 g/mol. The van der Waals surface area contributed by atoms with Crippen LogP contribution in [0.1, 0.15) is 30.5 Å². The van der Waals surface area contributed by atoms with Crippen LogP contribution in [0.2, 0.25) is 0 Å². The molecule has 1 atom stereocenters. The minimum Gasteiger partial charge on any atom is -0.357 e. The normalized spacial score (nSPS) is 17.8. The quantitative estimate of drug-likeness (QED) is 0.359. The van der Waals surface area contributed by atoms with Gasteiger partial charge in [0.15, 0.2) is 5.96 Å². The third-order valence-electron chi connectivity index (χ3n) is 4.53. The molecule has 7 heteroatoms. The SMILES string of the molecule is CCNC(=NCc1ccc(CC)s1)NCC(C)N1CCN(C)CC1.I. The van der Waals surface area contributed by atoms with Gasteiger partial charge in [0, 0.05) is 55.1 Å². The van der Waals surface area contributed by atoms with E-state index in [1.54, 1.807) is 0 Å². The first-order chi connectivity index (χ1) is 11.6. The Hall–Kier alpha value is -0.380. The molecular weight excluding hydrogens is 445 g/mol. The van der Waals surface area contributed by atoms with Crippen molar-refractivity contribution in [2.24, 2.45) is 4.99 Å². The van der Waals surface area contributed by atoms with Crippen molar-refractivity contribution >= 4 is 41.3 Å². The third-order valence-corrected chi connectivity index (χ3v) is 5.74. The first kappa shape index (κ1) is 22.7. The molecule has 0 radical (unpaired) electrons. The molecule has 0 bridgehead atoms. The summed E-state index contributed by atoms with van der Waals surface area (Å²) in [5.74, 6) is 0.921. The Bertz CT molecular complexity index is 511. The van der Waals surface area contributed by atoms with Gasteiger partial charge in [0.2, 0.25) is 0 Å². The van der Waals surface area contributed by atoms with E-state index >= 15 is 0 Å². The van der Waals surface area contributed by atoms with Gasteiger partial charge in [-0.05, 0) is 39.4 Å². The zero-order valence-electron chi connectivity index (χ0n) is 16.0. The van der Waals surface area contributed by atoms with Gasteiger partial charge < -0.3 is 15.5 Å². The van der Waals surface area contributed by atoms with Crippen LogP contribution in [-0.2, 0) is 13.0 Å². The number of nitrogens with one attached hydrogen (secondary N) is 2. The smallest absolute Gasteiger partial charge is 0.191 e. The Labute approximate surface area is 174 Å². The maximum atomic E-state index is 4.74. The highest BCUT2D eigenvalue weighted by atomic mass is 127. The lowest BCUT2D eigenvalue weighted by Gasteiger charge is -2.36. The summed E-state index contributed by atoms with van der Waals surface area (Å²) in [6.07, 6.45) is 1.11. The Morgan fingerprint density at radius 1 is 1.16 bits per heavy atom. The molecule has 1 aliphatic rings. The Morgan fingerprint density at radius 3 is 2.44 bits per heavy atom. The van der Waals surface area contributed by atoms with E-state index in [0.717, 1.165) is 58.2 Å². The maximum absolute atomic E-state index is 4.74. The first-order valence-electron chi connectivity index (χ1n) is 9.14. The predicted octanol–water partition coefficient (Wildman–Crippen LogP) is 2.62. The van der Waals surface area contributed by atoms with Crippen LogP contribution in [0.4, 0.5) is 0 Å². The summed E-state index contributed by atoms with van der Waals surface area (Å²) < 4.78 is 0. The highest BCUT2D eigenvalue weighted by Gasteiger charge is 2.19. The van der Waals surface area contributed by atoms with Gasteiger partial charge >= 0.3 is 0 Å². The van der Waals surface area contributed by atoms with E-state index in [1.807, 2.05) is 11.3 Å². The fourth-order valence-corrected chi connectivity index (χ4v) is 3.71. The molecule has 1 fully saturated rings. The summed E-state index contributed by atoms with van der Waals surface area (Å²) in [5, 5.41) is 6.86. The fraction of sp³-hybridized carbons (Fsp3) is 0.722. The standard InChI is InChI=1S/C18H33N5S.HI/c1-5-16-7-8-17(24-16)14-21-18(19-6-2)20-13-15(3)23-11-9-22(4)10-12-23;/h7-8,15H,5-6,9-14H2,1-4H3,(H2,19,20,21);1H. The Balaban J connectivity index is 0.00000312. The van der Waals surface area contributed by atoms with Gasteiger partial charge in [0.1, 0.15) is 0 Å². The van der Waals surface area contributed by atoms with E-state index in [0.29, 0.717) is 6.04 Å². The molecule has 25 heavy (non-hydrogen) atoms. The van der Waals surface area contributed by atoms with Crippen LogP contribution in [-0.4, -0.2) is 68.1 Å². The molecular formula is C18H34IN5S. The molecule has 1 aromatic heterocycles. The number of piperazine rings is 1. The number of guanidine groups is 1. The average molecular weight is 479 g/mol. The van der Waals surface area contributed by atoms with Crippen molar-refractivity contribution in [1.82, 2.24) is 20.4 Å². The van der Waals surface area contributed by atoms with Crippen LogP contribution < -0.4 is 10.6 Å². The largest absolute Gasteiger partial charge is 0.357 e. The molecule has 2 heterocycles. The van der Waals surface area contributed by atoms with Gasteiger partial charge in [-0.3, -0.25) is 4.90 Å². The Kier molecular flexibility index (Phi) is 11.0. The van der Waals surface area contributed by atoms with Crippen molar-refractivity contribution in [1.29, 1.82) is 0 Å².